The highest BCUT2D eigenvalue weighted by Gasteiger charge is 2.52. The maximum Gasteiger partial charge on any atom is 0.513 e. The molecule has 110 heavy (non-hydrogen) atoms. The van der Waals surface area contributed by atoms with Crippen LogP contribution in [-0.4, -0.2) is 105 Å². The first-order valence-corrected chi connectivity index (χ1v) is 41.2. The van der Waals surface area contributed by atoms with Crippen LogP contribution in [0, 0.1) is 22.7 Å². The molecule has 0 atom stereocenters. The fourth-order valence-electron chi connectivity index (χ4n) is 10.7. The molecule has 26 heteroatoms. The van der Waals surface area contributed by atoms with Crippen LogP contribution in [0.5, 0.6) is 0 Å². The van der Waals surface area contributed by atoms with Crippen molar-refractivity contribution in [1.29, 1.82) is 10.5 Å². The summed E-state index contributed by atoms with van der Waals surface area (Å²) in [5.74, 6) is 1.73. The Hall–Kier alpha value is -8.94. The molecule has 0 bridgehead atoms. The molecule has 0 saturated carbocycles. The number of alkyl halides is 2. The van der Waals surface area contributed by atoms with Crippen LogP contribution < -0.4 is 28.5 Å². The standard InChI is InChI=1S/C22H22N4O.C19H19BrN2O.C15H16N4O.C9H15BN2O2.C7H6BrNO.C6H11N.C5H8BrN.CH3I/c23-22-19(7-4-12-27-15-16-5-2-1-3-6-16)13-17-8-9-18(14-21(17)25-22)20-10-11-24-26-20;20-17-9-8-15-11-16(19(21)22-18(15)12-17)7-4-10-23-13-14-5-2-1-3-6-14;16-15-12(2-1-7-20)8-10-3-4-11(9-14(10)18-15)13-5-6-17-19-13;1-8(2)9(3,4)14-10(13-8)7-5-6-11-12-7;8-6-2-1-5(4-10)7(9)3-6;1-2-3-4-5-6-7;6-4-2-1-3-5-7;1-2/h1-3,5-6,8-11,13-14H,4,7,12,15H2,(H2,23,25)(H,24,26);1-3,5-6,8-9,11-12H,4,7,10,13H2,(H2,21,22);3-6,8-9,20H,1-2,7H2,(H2,16,18)(H,17,19);5-6H,1-4H3,(H,11,12);1-4H,9H2;2-5H2,1H3;1-4H2;1H3. The molecule has 1 fully saturated rings. The highest BCUT2D eigenvalue weighted by atomic mass is 127. The highest BCUT2D eigenvalue weighted by Crippen LogP contribution is 2.36. The molecule has 1 saturated heterocycles. The van der Waals surface area contributed by atoms with Gasteiger partial charge in [-0.2, -0.15) is 25.8 Å². The fourth-order valence-corrected chi connectivity index (χ4v) is 11.8. The number of nitrogens with one attached hydrogen (secondary N) is 3. The quantitative estimate of drug-likeness (QED) is 0.00658. The molecule has 13 rings (SSSR count). The van der Waals surface area contributed by atoms with Gasteiger partial charge < -0.3 is 46.8 Å². The van der Waals surface area contributed by atoms with Gasteiger partial charge in [-0.3, -0.25) is 20.1 Å². The van der Waals surface area contributed by atoms with Crippen molar-refractivity contribution >= 4 is 145 Å². The molecule has 21 nitrogen and oxygen atoms in total. The molecule has 6 aromatic carbocycles. The number of unbranched alkanes of at least 4 members (excludes halogenated alkanes) is 5. The Morgan fingerprint density at radius 1 is 0.536 bits per heavy atom. The summed E-state index contributed by atoms with van der Waals surface area (Å²) >= 11 is 12.1. The number of benzene rings is 6. The van der Waals surface area contributed by atoms with Crippen LogP contribution in [-0.2, 0) is 51.3 Å². The maximum atomic E-state index is 10.2. The number of aliphatic hydroxyl groups is 1. The Bertz CT molecular complexity index is 4690. The lowest BCUT2D eigenvalue weighted by molar-refractivity contribution is 0.00578. The number of aromatic amines is 3. The number of aliphatic hydroxyl groups excluding tert-OH is 1. The molecule has 578 valence electrons. The van der Waals surface area contributed by atoms with Gasteiger partial charge in [0.05, 0.1) is 70.1 Å². The maximum absolute atomic E-state index is 10.2. The van der Waals surface area contributed by atoms with Gasteiger partial charge in [-0.05, 0) is 197 Å². The first-order valence-electron chi connectivity index (χ1n) is 36.4. The topological polar surface area (TPSA) is 351 Å². The van der Waals surface area contributed by atoms with Crippen molar-refractivity contribution in [3.63, 3.8) is 0 Å². The van der Waals surface area contributed by atoms with Gasteiger partial charge in [-0.25, -0.2) is 15.0 Å². The minimum Gasteiger partial charge on any atom is -0.398 e. The molecule has 1 aliphatic heterocycles. The summed E-state index contributed by atoms with van der Waals surface area (Å²) in [6.07, 6.45) is 18.0. The molecule has 6 aromatic heterocycles. The number of ether oxygens (including phenoxy) is 2. The third-order valence-corrected chi connectivity index (χ3v) is 19.0. The Balaban J connectivity index is 0.000000210. The number of aromatic nitrogens is 9. The van der Waals surface area contributed by atoms with E-state index in [1.165, 1.54) is 24.0 Å². The van der Waals surface area contributed by atoms with Crippen LogP contribution in [0.1, 0.15) is 137 Å². The summed E-state index contributed by atoms with van der Waals surface area (Å²) < 4.78 is 25.0. The largest absolute Gasteiger partial charge is 0.513 e. The van der Waals surface area contributed by atoms with E-state index in [0.29, 0.717) is 68.0 Å². The Labute approximate surface area is 685 Å². The number of nitriles is 2. The number of carbonyl (C=O) groups is 1. The first kappa shape index (κ1) is 90.0. The van der Waals surface area contributed by atoms with Crippen molar-refractivity contribution in [1.82, 2.24) is 45.5 Å². The number of aldehydes is 1. The fraction of sp³-hybridized carbons (Fsp3) is 0.321. The number of halogens is 4. The van der Waals surface area contributed by atoms with Crippen LogP contribution >= 0.6 is 70.4 Å². The van der Waals surface area contributed by atoms with Gasteiger partial charge in [0.25, 0.3) is 0 Å². The van der Waals surface area contributed by atoms with E-state index in [1.54, 1.807) is 36.8 Å². The van der Waals surface area contributed by atoms with E-state index in [9.17, 15) is 4.79 Å². The molecule has 7 heterocycles. The second kappa shape index (κ2) is 49.3. The third kappa shape index (κ3) is 30.4. The van der Waals surface area contributed by atoms with Crippen LogP contribution in [0.25, 0.3) is 55.2 Å². The van der Waals surface area contributed by atoms with Crippen molar-refractivity contribution < 1.29 is 28.7 Å². The van der Waals surface area contributed by atoms with Crippen LogP contribution in [0.2, 0.25) is 0 Å². The summed E-state index contributed by atoms with van der Waals surface area (Å²) in [6.45, 7) is 13.1. The van der Waals surface area contributed by atoms with Gasteiger partial charge in [0.1, 0.15) is 17.5 Å². The number of fused-ring (bicyclic) bond motifs is 3. The van der Waals surface area contributed by atoms with E-state index in [4.69, 9.17) is 57.3 Å². The van der Waals surface area contributed by atoms with Gasteiger partial charge >= 0.3 is 7.12 Å². The first-order chi connectivity index (χ1) is 53.3. The lowest BCUT2D eigenvalue weighted by atomic mass is 9.85. The molecular weight excluding hydrogens is 1690 g/mol. The van der Waals surface area contributed by atoms with Gasteiger partial charge in [-0.1, -0.05) is 181 Å². The van der Waals surface area contributed by atoms with Crippen molar-refractivity contribution in [3.8, 4) is 34.7 Å². The molecule has 0 unspecified atom stereocenters. The number of carbonyl (C=O) groups excluding carboxylic acids is 1. The molecule has 0 amide bonds. The normalized spacial score (nSPS) is 12.0. The van der Waals surface area contributed by atoms with E-state index in [-0.39, 0.29) is 24.9 Å². The minimum atomic E-state index is -0.331. The zero-order valence-electron chi connectivity index (χ0n) is 63.4. The van der Waals surface area contributed by atoms with E-state index in [0.717, 1.165) is 156 Å². The Morgan fingerprint density at radius 3 is 1.37 bits per heavy atom. The average molecular weight is 1790 g/mol. The van der Waals surface area contributed by atoms with Crippen LogP contribution in [0.3, 0.4) is 0 Å². The lowest BCUT2D eigenvalue weighted by Gasteiger charge is -2.32. The number of nitrogen functional groups attached to an aromatic ring is 4. The number of hydrogen-bond acceptors (Lipinski definition) is 18. The molecule has 0 radical (unpaired) electrons. The van der Waals surface area contributed by atoms with E-state index < -0.39 is 0 Å². The van der Waals surface area contributed by atoms with Crippen LogP contribution in [0.15, 0.2) is 197 Å². The molecule has 12 aromatic rings. The Morgan fingerprint density at radius 2 is 0.964 bits per heavy atom. The summed E-state index contributed by atoms with van der Waals surface area (Å²) in [6, 6.07) is 60.1. The average Bonchev–Trinajstić information content (AvgIpc) is 1.59. The summed E-state index contributed by atoms with van der Waals surface area (Å²) in [5.41, 5.74) is 37.3. The predicted octanol–water partition coefficient (Wildman–Crippen LogP) is 19.0. The molecular formula is C84H100BBr3IN15O6. The van der Waals surface area contributed by atoms with Gasteiger partial charge in [0, 0.05) is 104 Å². The Kier molecular flexibility index (Phi) is 40.4. The van der Waals surface area contributed by atoms with E-state index in [2.05, 4.69) is 190 Å². The third-order valence-electron chi connectivity index (χ3n) is 17.4. The van der Waals surface area contributed by atoms with Gasteiger partial charge in [0.2, 0.25) is 0 Å². The second-order valence-electron chi connectivity index (χ2n) is 26.2. The number of pyridine rings is 3. The molecule has 0 aliphatic carbocycles. The van der Waals surface area contributed by atoms with Gasteiger partial charge in [-0.15, -0.1) is 0 Å². The van der Waals surface area contributed by atoms with E-state index >= 15 is 0 Å². The monoisotopic (exact) mass is 1790 g/mol. The van der Waals surface area contributed by atoms with Crippen molar-refractivity contribution in [3.05, 3.63) is 231 Å². The summed E-state index contributed by atoms with van der Waals surface area (Å²) in [5, 5.41) is 49.8. The number of H-pyrrole nitrogens is 3. The lowest BCUT2D eigenvalue weighted by Crippen LogP contribution is -2.41. The number of nitrogens with two attached hydrogens (primary N) is 4. The number of rotatable bonds is 25. The number of aryl methyl sites for hydroxylation is 3. The van der Waals surface area contributed by atoms with Gasteiger partial charge in [0.15, 0.2) is 6.29 Å². The van der Waals surface area contributed by atoms with E-state index in [1.807, 2.05) is 130 Å². The van der Waals surface area contributed by atoms with Crippen LogP contribution in [0.4, 0.5) is 23.1 Å². The van der Waals surface area contributed by atoms with Crippen molar-refractivity contribution in [2.45, 2.75) is 143 Å². The zero-order valence-corrected chi connectivity index (χ0v) is 70.3. The number of anilines is 4. The molecule has 0 spiro atoms. The zero-order chi connectivity index (χ0) is 79.5. The number of nitrogens with zero attached hydrogens (tertiary/aromatic N) is 8. The molecule has 1 aliphatic rings. The smallest absolute Gasteiger partial charge is 0.398 e. The summed E-state index contributed by atoms with van der Waals surface area (Å²) in [4.78, 5) is 25.8. The predicted molar refractivity (Wildman–Crippen MR) is 467 cm³/mol. The second-order valence-corrected chi connectivity index (χ2v) is 28.8. The highest BCUT2D eigenvalue weighted by molar-refractivity contribution is 14.1. The van der Waals surface area contributed by atoms with Crippen molar-refractivity contribution in [2.24, 2.45) is 0 Å². The number of hydrogen-bond donors (Lipinski definition) is 8. The summed E-state index contributed by atoms with van der Waals surface area (Å²) in [7, 11) is -0.331. The SMILES string of the molecule is CC1(C)OB(c2ccn[nH]2)OC1(C)C.CCCCCC#N.CI.N#CCCCCBr.Nc1cc(Br)ccc1C=O.Nc1nc2cc(-c3ccn[nH]3)ccc2cc1CCCO.Nc1nc2cc(-c3ccn[nH]3)ccc2cc1CCCOCc1ccccc1.Nc1nc2cc(Br)ccc2cc1CCCOCc1ccccc1. The van der Waals surface area contributed by atoms with Crippen molar-refractivity contribution in [2.75, 3.05) is 53.0 Å². The minimum absolute atomic E-state index is 0.163. The molecule has 12 N–H and O–H groups in total.